The molecule has 0 radical (unpaired) electrons. The summed E-state index contributed by atoms with van der Waals surface area (Å²) in [4.78, 5) is 25.1. The predicted octanol–water partition coefficient (Wildman–Crippen LogP) is 3.44. The summed E-state index contributed by atoms with van der Waals surface area (Å²) in [5.41, 5.74) is -0.536. The topological polar surface area (TPSA) is 55.8 Å². The van der Waals surface area contributed by atoms with Crippen molar-refractivity contribution in [3.63, 3.8) is 0 Å². The number of nitrogens with zero attached hydrogens (tertiary/aromatic N) is 1. The van der Waals surface area contributed by atoms with E-state index in [1.807, 2.05) is 20.8 Å². The smallest absolute Gasteiger partial charge is 0.410 e. The molecule has 0 saturated carbocycles. The van der Waals surface area contributed by atoms with Gasteiger partial charge in [0.1, 0.15) is 11.9 Å². The number of hydrogen-bond acceptors (Lipinski definition) is 4. The number of hydrogen-bond donors (Lipinski definition) is 0. The van der Waals surface area contributed by atoms with E-state index in [2.05, 4.69) is 33.9 Å². The van der Waals surface area contributed by atoms with E-state index >= 15 is 0 Å². The van der Waals surface area contributed by atoms with Crippen LogP contribution < -0.4 is 0 Å². The molecule has 1 unspecified atom stereocenters. The summed E-state index contributed by atoms with van der Waals surface area (Å²) in [6.45, 7) is 17.1. The van der Waals surface area contributed by atoms with E-state index in [4.69, 9.17) is 9.16 Å². The van der Waals surface area contributed by atoms with Gasteiger partial charge in [0, 0.05) is 13.1 Å². The maximum absolute atomic E-state index is 12.2. The summed E-state index contributed by atoms with van der Waals surface area (Å²) >= 11 is 0. The van der Waals surface area contributed by atoms with Crippen molar-refractivity contribution in [2.75, 3.05) is 13.1 Å². The van der Waals surface area contributed by atoms with Crippen LogP contribution in [0.25, 0.3) is 0 Å². The first-order valence-corrected chi connectivity index (χ1v) is 10.8. The molecule has 1 amide bonds. The molecule has 0 aromatic carbocycles. The molecule has 1 rings (SSSR count). The number of amides is 1. The lowest BCUT2D eigenvalue weighted by atomic mass is 10.1. The summed E-state index contributed by atoms with van der Waals surface area (Å²) in [6.07, 6.45) is 0.300. The van der Waals surface area contributed by atoms with Gasteiger partial charge in [0.05, 0.1) is 12.0 Å². The molecule has 6 heteroatoms. The molecule has 5 nitrogen and oxygen atoms in total. The summed E-state index contributed by atoms with van der Waals surface area (Å²) in [5.74, 6) is -0.276. The van der Waals surface area contributed by atoms with Gasteiger partial charge in [-0.15, -0.1) is 0 Å². The van der Waals surface area contributed by atoms with Crippen LogP contribution in [-0.2, 0) is 14.0 Å². The average Bonchev–Trinajstić information content (AvgIpc) is 2.67. The average molecular weight is 330 g/mol. The zero-order valence-corrected chi connectivity index (χ0v) is 16.2. The van der Waals surface area contributed by atoms with Gasteiger partial charge in [0.25, 0.3) is 0 Å². The Hall–Kier alpha value is -0.883. The normalized spacial score (nSPS) is 23.5. The van der Waals surface area contributed by atoms with Gasteiger partial charge >= 0.3 is 6.09 Å². The van der Waals surface area contributed by atoms with E-state index in [1.54, 1.807) is 4.90 Å². The van der Waals surface area contributed by atoms with Crippen LogP contribution in [0.15, 0.2) is 0 Å². The lowest BCUT2D eigenvalue weighted by molar-refractivity contribution is -0.112. The Bertz CT molecular complexity index is 423. The zero-order valence-electron chi connectivity index (χ0n) is 15.2. The molecule has 1 aliphatic heterocycles. The third kappa shape index (κ3) is 4.81. The highest BCUT2D eigenvalue weighted by molar-refractivity contribution is 6.74. The molecule has 2 atom stereocenters. The van der Waals surface area contributed by atoms with Crippen LogP contribution in [0.5, 0.6) is 0 Å². The van der Waals surface area contributed by atoms with Crippen molar-refractivity contribution >= 4 is 20.7 Å². The van der Waals surface area contributed by atoms with Gasteiger partial charge in [-0.2, -0.15) is 0 Å². The van der Waals surface area contributed by atoms with Crippen molar-refractivity contribution in [2.24, 2.45) is 5.92 Å². The first-order chi connectivity index (χ1) is 9.77. The van der Waals surface area contributed by atoms with Crippen LogP contribution in [0.3, 0.4) is 0 Å². The molecular formula is C16H31NO4Si. The summed E-state index contributed by atoms with van der Waals surface area (Å²) in [6, 6.07) is 0. The third-order valence-corrected chi connectivity index (χ3v) is 8.89. The first kappa shape index (κ1) is 19.2. The molecule has 1 heterocycles. The summed E-state index contributed by atoms with van der Waals surface area (Å²) in [7, 11) is -1.98. The van der Waals surface area contributed by atoms with E-state index in [0.717, 1.165) is 6.29 Å². The quantitative estimate of drug-likeness (QED) is 0.588. The van der Waals surface area contributed by atoms with Gasteiger partial charge in [-0.05, 0) is 38.9 Å². The van der Waals surface area contributed by atoms with Crippen LogP contribution in [-0.4, -0.2) is 50.4 Å². The van der Waals surface area contributed by atoms with E-state index in [-0.39, 0.29) is 23.2 Å². The fourth-order valence-corrected chi connectivity index (χ4v) is 3.45. The molecule has 128 valence electrons. The van der Waals surface area contributed by atoms with Crippen LogP contribution in [0, 0.1) is 5.92 Å². The molecule has 1 saturated heterocycles. The molecule has 0 aliphatic carbocycles. The molecule has 0 aromatic heterocycles. The maximum Gasteiger partial charge on any atom is 0.410 e. The highest BCUT2D eigenvalue weighted by Gasteiger charge is 2.45. The van der Waals surface area contributed by atoms with Gasteiger partial charge in [-0.3, -0.25) is 0 Å². The second kappa shape index (κ2) is 6.32. The highest BCUT2D eigenvalue weighted by Crippen LogP contribution is 2.39. The van der Waals surface area contributed by atoms with Crippen molar-refractivity contribution in [2.45, 2.75) is 71.4 Å². The molecule has 0 N–H and O–H groups in total. The Balaban J connectivity index is 2.78. The van der Waals surface area contributed by atoms with Crippen LogP contribution in [0.4, 0.5) is 4.79 Å². The standard InChI is InChI=1S/C16H31NO4Si/c1-15(2,3)20-14(19)17-9-12(11-18)13(10-17)21-22(7,8)16(4,5)6/h11-13H,9-10H2,1-8H3/t12-,13?/m1/s1. The second-order valence-corrected chi connectivity index (χ2v) is 13.4. The molecule has 0 aromatic rings. The number of carbonyl (C=O) groups excluding carboxylic acids is 2. The molecular weight excluding hydrogens is 298 g/mol. The van der Waals surface area contributed by atoms with Gasteiger partial charge in [-0.25, -0.2) is 4.79 Å². The monoisotopic (exact) mass is 329 g/mol. The zero-order chi connectivity index (χ0) is 17.3. The summed E-state index contributed by atoms with van der Waals surface area (Å²) in [5, 5.41) is 0.0692. The molecule has 0 bridgehead atoms. The molecule has 22 heavy (non-hydrogen) atoms. The Kier molecular flexibility index (Phi) is 5.50. The fourth-order valence-electron chi connectivity index (χ4n) is 2.09. The van der Waals surface area contributed by atoms with Gasteiger partial charge in [-0.1, -0.05) is 20.8 Å². The van der Waals surface area contributed by atoms with Crippen molar-refractivity contribution in [1.82, 2.24) is 4.90 Å². The Labute approximate surface area is 135 Å². The summed E-state index contributed by atoms with van der Waals surface area (Å²) < 4.78 is 11.7. The third-order valence-electron chi connectivity index (χ3n) is 4.39. The Morgan fingerprint density at radius 2 is 1.68 bits per heavy atom. The van der Waals surface area contributed by atoms with E-state index in [9.17, 15) is 9.59 Å². The number of likely N-dealkylation sites (tertiary alicyclic amines) is 1. The van der Waals surface area contributed by atoms with Gasteiger partial charge in [0.15, 0.2) is 8.32 Å². The minimum absolute atomic E-state index is 0.0692. The second-order valence-electron chi connectivity index (χ2n) is 8.60. The van der Waals surface area contributed by atoms with E-state index in [0.29, 0.717) is 13.1 Å². The fraction of sp³-hybridized carbons (Fsp3) is 0.875. The maximum atomic E-state index is 12.2. The van der Waals surface area contributed by atoms with Crippen molar-refractivity contribution < 1.29 is 18.8 Å². The lowest BCUT2D eigenvalue weighted by Crippen LogP contribution is -2.46. The van der Waals surface area contributed by atoms with E-state index < -0.39 is 13.9 Å². The Morgan fingerprint density at radius 1 is 1.14 bits per heavy atom. The van der Waals surface area contributed by atoms with Crippen molar-refractivity contribution in [3.05, 3.63) is 0 Å². The largest absolute Gasteiger partial charge is 0.444 e. The minimum atomic E-state index is -1.98. The minimum Gasteiger partial charge on any atom is -0.444 e. The number of ether oxygens (including phenoxy) is 1. The number of aldehydes is 1. The molecule has 1 fully saturated rings. The SMILES string of the molecule is CC(C)(C)OC(=O)N1CC(O[Si](C)(C)C(C)(C)C)[C@@H](C=O)C1. The lowest BCUT2D eigenvalue weighted by Gasteiger charge is -2.39. The number of rotatable bonds is 3. The molecule has 0 spiro atoms. The van der Waals surface area contributed by atoms with Crippen LogP contribution >= 0.6 is 0 Å². The van der Waals surface area contributed by atoms with Crippen LogP contribution in [0.1, 0.15) is 41.5 Å². The van der Waals surface area contributed by atoms with Crippen molar-refractivity contribution in [3.8, 4) is 0 Å². The predicted molar refractivity (Wildman–Crippen MR) is 89.4 cm³/mol. The van der Waals surface area contributed by atoms with Gasteiger partial charge in [0.2, 0.25) is 0 Å². The first-order valence-electron chi connectivity index (χ1n) is 7.88. The van der Waals surface area contributed by atoms with Crippen molar-refractivity contribution in [1.29, 1.82) is 0 Å². The highest BCUT2D eigenvalue weighted by atomic mass is 28.4. The van der Waals surface area contributed by atoms with Crippen LogP contribution in [0.2, 0.25) is 18.1 Å². The Morgan fingerprint density at radius 3 is 2.09 bits per heavy atom. The molecule has 1 aliphatic rings. The number of carbonyl (C=O) groups is 2. The van der Waals surface area contributed by atoms with E-state index in [1.165, 1.54) is 0 Å². The van der Waals surface area contributed by atoms with Gasteiger partial charge < -0.3 is 18.9 Å².